The lowest BCUT2D eigenvalue weighted by atomic mass is 10.2. The summed E-state index contributed by atoms with van der Waals surface area (Å²) in [6, 6.07) is 13.0. The summed E-state index contributed by atoms with van der Waals surface area (Å²) in [4.78, 5) is 30.3. The number of unbranched alkanes of at least 4 members (excludes halogenated alkanes) is 1. The average Bonchev–Trinajstić information content (AvgIpc) is 2.95. The molecule has 0 unspecified atom stereocenters. The van der Waals surface area contributed by atoms with Gasteiger partial charge in [-0.2, -0.15) is 15.0 Å². The van der Waals surface area contributed by atoms with E-state index in [-0.39, 0.29) is 5.91 Å². The summed E-state index contributed by atoms with van der Waals surface area (Å²) in [6.45, 7) is 6.29. The van der Waals surface area contributed by atoms with Crippen molar-refractivity contribution < 1.29 is 14.3 Å². The van der Waals surface area contributed by atoms with Crippen molar-refractivity contribution in [2.75, 3.05) is 68.6 Å². The van der Waals surface area contributed by atoms with Gasteiger partial charge in [0, 0.05) is 55.7 Å². The van der Waals surface area contributed by atoms with E-state index in [0.29, 0.717) is 69.5 Å². The van der Waals surface area contributed by atoms with E-state index in [1.165, 1.54) is 0 Å². The summed E-state index contributed by atoms with van der Waals surface area (Å²) in [6.07, 6.45) is 4.60. The number of hydrogen-bond acceptors (Lipinski definition) is 11. The summed E-state index contributed by atoms with van der Waals surface area (Å²) in [5.74, 6) is 1.18. The Bertz CT molecular complexity index is 1100. The quantitative estimate of drug-likeness (QED) is 0.143. The van der Waals surface area contributed by atoms with E-state index in [2.05, 4.69) is 48.1 Å². The molecule has 0 atom stereocenters. The molecule has 0 aliphatic heterocycles. The Morgan fingerprint density at radius 2 is 1.56 bits per heavy atom. The third-order valence-corrected chi connectivity index (χ3v) is 5.41. The number of carbonyl (C=O) groups is 1. The van der Waals surface area contributed by atoms with Gasteiger partial charge in [0.1, 0.15) is 0 Å². The van der Waals surface area contributed by atoms with Crippen molar-refractivity contribution in [3.8, 4) is 0 Å². The lowest BCUT2D eigenvalue weighted by molar-refractivity contribution is 0.0511. The number of nitrogens with zero attached hydrogens (tertiary/aromatic N) is 4. The van der Waals surface area contributed by atoms with Crippen LogP contribution in [0.3, 0.4) is 0 Å². The number of carbonyl (C=O) groups excluding carboxylic acids is 1. The smallest absolute Gasteiger partial charge is 0.251 e. The normalized spacial score (nSPS) is 10.7. The SMILES string of the molecule is CCCCNc1nc(NCCc2ccccn2)nc(Nc2ccc(C(=O)NCCOCCOCCN)cc2)n1. The van der Waals surface area contributed by atoms with Gasteiger partial charge in [0.25, 0.3) is 5.91 Å². The molecule has 3 rings (SSSR count). The van der Waals surface area contributed by atoms with Gasteiger partial charge in [-0.1, -0.05) is 19.4 Å². The first-order valence-electron chi connectivity index (χ1n) is 13.3. The van der Waals surface area contributed by atoms with Gasteiger partial charge in [-0.3, -0.25) is 9.78 Å². The number of pyridine rings is 1. The Labute approximate surface area is 229 Å². The number of hydrogen-bond donors (Lipinski definition) is 5. The molecular weight excluding hydrogens is 498 g/mol. The molecule has 6 N–H and O–H groups in total. The average molecular weight is 538 g/mol. The summed E-state index contributed by atoms with van der Waals surface area (Å²) in [7, 11) is 0. The highest BCUT2D eigenvalue weighted by Crippen LogP contribution is 2.17. The molecule has 0 saturated carbocycles. The number of benzene rings is 1. The highest BCUT2D eigenvalue weighted by molar-refractivity contribution is 5.94. The summed E-state index contributed by atoms with van der Waals surface area (Å²) in [5.41, 5.74) is 7.64. The highest BCUT2D eigenvalue weighted by Gasteiger charge is 2.09. The molecule has 12 nitrogen and oxygen atoms in total. The highest BCUT2D eigenvalue weighted by atomic mass is 16.5. The first-order chi connectivity index (χ1) is 19.2. The maximum absolute atomic E-state index is 12.4. The van der Waals surface area contributed by atoms with E-state index < -0.39 is 0 Å². The van der Waals surface area contributed by atoms with E-state index in [1.54, 1.807) is 18.3 Å². The van der Waals surface area contributed by atoms with Gasteiger partial charge in [-0.05, 0) is 42.8 Å². The number of ether oxygens (including phenoxy) is 2. The molecular formula is C27H39N9O3. The van der Waals surface area contributed by atoms with E-state index in [1.807, 2.05) is 30.3 Å². The van der Waals surface area contributed by atoms with Crippen LogP contribution in [0.15, 0.2) is 48.7 Å². The second kappa shape index (κ2) is 17.6. The Kier molecular flexibility index (Phi) is 13.4. The van der Waals surface area contributed by atoms with Gasteiger partial charge in [-0.25, -0.2) is 0 Å². The van der Waals surface area contributed by atoms with E-state index in [0.717, 1.165) is 37.2 Å². The Balaban J connectivity index is 1.52. The maximum Gasteiger partial charge on any atom is 0.251 e. The molecule has 0 radical (unpaired) electrons. The van der Waals surface area contributed by atoms with Crippen molar-refractivity contribution in [2.45, 2.75) is 26.2 Å². The predicted octanol–water partition coefficient (Wildman–Crippen LogP) is 2.60. The molecule has 1 aromatic carbocycles. The zero-order valence-electron chi connectivity index (χ0n) is 22.5. The molecule has 2 heterocycles. The van der Waals surface area contributed by atoms with Crippen molar-refractivity contribution in [2.24, 2.45) is 5.73 Å². The standard InChI is InChI=1S/C27H39N9O3/c1-2-3-13-31-25-34-26(32-15-11-22-6-4-5-14-29-22)36-27(35-25)33-23-9-7-21(8-10-23)24(37)30-16-18-39-20-19-38-17-12-28/h4-10,14H,2-3,11-13,15-20,28H2,1H3,(H,30,37)(H3,31,32,33,34,35,36). The van der Waals surface area contributed by atoms with Gasteiger partial charge in [-0.15, -0.1) is 0 Å². The first-order valence-corrected chi connectivity index (χ1v) is 13.3. The second-order valence-corrected chi connectivity index (χ2v) is 8.56. The Morgan fingerprint density at radius 3 is 2.26 bits per heavy atom. The van der Waals surface area contributed by atoms with Crippen LogP contribution in [0.4, 0.5) is 23.5 Å². The Morgan fingerprint density at radius 1 is 0.846 bits per heavy atom. The topological polar surface area (TPSA) is 161 Å². The second-order valence-electron chi connectivity index (χ2n) is 8.56. The van der Waals surface area contributed by atoms with Crippen molar-refractivity contribution in [3.63, 3.8) is 0 Å². The van der Waals surface area contributed by atoms with Crippen LogP contribution < -0.4 is 27.0 Å². The molecule has 0 saturated heterocycles. The fraction of sp³-hybridized carbons (Fsp3) is 0.444. The van der Waals surface area contributed by atoms with Crippen LogP contribution in [0.2, 0.25) is 0 Å². The number of anilines is 4. The van der Waals surface area contributed by atoms with Gasteiger partial charge >= 0.3 is 0 Å². The molecule has 1 amide bonds. The van der Waals surface area contributed by atoms with Gasteiger partial charge in [0.05, 0.1) is 26.4 Å². The number of aromatic nitrogens is 4. The maximum atomic E-state index is 12.4. The molecule has 0 aliphatic carbocycles. The minimum absolute atomic E-state index is 0.175. The minimum Gasteiger partial charge on any atom is -0.378 e. The fourth-order valence-corrected chi connectivity index (χ4v) is 3.39. The third kappa shape index (κ3) is 11.6. The molecule has 3 aromatic rings. The minimum atomic E-state index is -0.175. The zero-order chi connectivity index (χ0) is 27.5. The van der Waals surface area contributed by atoms with Crippen molar-refractivity contribution >= 4 is 29.4 Å². The predicted molar refractivity (Wildman–Crippen MR) is 152 cm³/mol. The monoisotopic (exact) mass is 537 g/mol. The van der Waals surface area contributed by atoms with E-state index in [4.69, 9.17) is 15.2 Å². The van der Waals surface area contributed by atoms with Gasteiger partial charge in [0.15, 0.2) is 0 Å². The largest absolute Gasteiger partial charge is 0.378 e. The van der Waals surface area contributed by atoms with Crippen LogP contribution in [0.25, 0.3) is 0 Å². The molecule has 39 heavy (non-hydrogen) atoms. The Hall–Kier alpha value is -3.87. The molecule has 210 valence electrons. The number of nitrogens with one attached hydrogen (secondary N) is 4. The lowest BCUT2D eigenvalue weighted by Gasteiger charge is -2.12. The van der Waals surface area contributed by atoms with Crippen molar-refractivity contribution in [1.82, 2.24) is 25.3 Å². The number of rotatable bonds is 19. The van der Waals surface area contributed by atoms with Crippen molar-refractivity contribution in [3.05, 3.63) is 59.9 Å². The number of amides is 1. The zero-order valence-corrected chi connectivity index (χ0v) is 22.5. The van der Waals surface area contributed by atoms with Crippen LogP contribution in [0, 0.1) is 0 Å². The van der Waals surface area contributed by atoms with Crippen LogP contribution in [0.1, 0.15) is 35.8 Å². The molecule has 0 aliphatic rings. The molecule has 0 fully saturated rings. The third-order valence-electron chi connectivity index (χ3n) is 5.41. The summed E-state index contributed by atoms with van der Waals surface area (Å²) in [5, 5.41) is 12.6. The molecule has 0 spiro atoms. The van der Waals surface area contributed by atoms with Gasteiger partial charge in [0.2, 0.25) is 17.8 Å². The summed E-state index contributed by atoms with van der Waals surface area (Å²) < 4.78 is 10.7. The van der Waals surface area contributed by atoms with E-state index >= 15 is 0 Å². The summed E-state index contributed by atoms with van der Waals surface area (Å²) >= 11 is 0. The van der Waals surface area contributed by atoms with Crippen LogP contribution in [-0.2, 0) is 15.9 Å². The lowest BCUT2D eigenvalue weighted by Crippen LogP contribution is -2.27. The van der Waals surface area contributed by atoms with E-state index in [9.17, 15) is 4.79 Å². The molecule has 12 heteroatoms. The van der Waals surface area contributed by atoms with Crippen LogP contribution in [-0.4, -0.2) is 78.4 Å². The fourth-order valence-electron chi connectivity index (χ4n) is 3.39. The van der Waals surface area contributed by atoms with Crippen molar-refractivity contribution in [1.29, 1.82) is 0 Å². The van der Waals surface area contributed by atoms with Crippen LogP contribution in [0.5, 0.6) is 0 Å². The molecule has 0 bridgehead atoms. The van der Waals surface area contributed by atoms with Gasteiger partial charge < -0.3 is 36.5 Å². The van der Waals surface area contributed by atoms with Crippen LogP contribution >= 0.6 is 0 Å². The number of nitrogens with two attached hydrogens (primary N) is 1. The first kappa shape index (κ1) is 29.7. The molecule has 2 aromatic heterocycles.